The van der Waals surface area contributed by atoms with E-state index >= 15 is 0 Å². The first-order valence-electron chi connectivity index (χ1n) is 9.45. The van der Waals surface area contributed by atoms with Gasteiger partial charge in [-0.3, -0.25) is 0 Å². The van der Waals surface area contributed by atoms with Crippen molar-refractivity contribution >= 4 is 17.6 Å². The summed E-state index contributed by atoms with van der Waals surface area (Å²) >= 11 is 0. The number of para-hydroxylation sites is 1. The van der Waals surface area contributed by atoms with Crippen LogP contribution in [-0.4, -0.2) is 26.8 Å². The molecule has 0 heterocycles. The first kappa shape index (κ1) is 21.5. The Bertz CT molecular complexity index is 1120. The maximum absolute atomic E-state index is 12.1. The quantitative estimate of drug-likeness (QED) is 0.229. The van der Waals surface area contributed by atoms with Crippen molar-refractivity contribution in [3.05, 3.63) is 83.9 Å². The van der Waals surface area contributed by atoms with Gasteiger partial charge in [0.25, 0.3) is 0 Å². The van der Waals surface area contributed by atoms with E-state index in [0.717, 1.165) is 0 Å². The van der Waals surface area contributed by atoms with Crippen molar-refractivity contribution in [1.82, 2.24) is 0 Å². The second-order valence-electron chi connectivity index (χ2n) is 6.39. The van der Waals surface area contributed by atoms with Crippen LogP contribution in [0.15, 0.2) is 72.8 Å². The second kappa shape index (κ2) is 10.5. The summed E-state index contributed by atoms with van der Waals surface area (Å²) in [7, 11) is 3.09. The summed E-state index contributed by atoms with van der Waals surface area (Å²) in [6, 6.07) is 23.4. The van der Waals surface area contributed by atoms with Crippen LogP contribution in [0.3, 0.4) is 0 Å². The highest BCUT2D eigenvalue weighted by molar-refractivity contribution is 5.90. The topological polar surface area (TPSA) is 77.8 Å². The molecular formula is C25H21NO5. The van der Waals surface area contributed by atoms with E-state index in [1.165, 1.54) is 7.11 Å². The molecule has 0 aliphatic carbocycles. The molecule has 3 rings (SSSR count). The van der Waals surface area contributed by atoms with Gasteiger partial charge in [0.2, 0.25) is 0 Å². The molecule has 0 fully saturated rings. The number of nitrogens with zero attached hydrogens (tertiary/aromatic N) is 1. The normalized spacial score (nSPS) is 10.7. The Labute approximate surface area is 180 Å². The SMILES string of the molecule is COc1ccc(/C(C#N)=C\c2cccc(OC(=O)COc3ccccc3)c2)cc1OC. The number of benzene rings is 3. The summed E-state index contributed by atoms with van der Waals surface area (Å²) in [6.45, 7) is -0.209. The Morgan fingerprint density at radius 3 is 2.35 bits per heavy atom. The molecule has 0 atom stereocenters. The molecule has 0 saturated heterocycles. The van der Waals surface area contributed by atoms with Crippen molar-refractivity contribution in [2.75, 3.05) is 20.8 Å². The molecule has 6 nitrogen and oxygen atoms in total. The third kappa shape index (κ3) is 5.87. The number of esters is 1. The largest absolute Gasteiger partial charge is 0.493 e. The molecular weight excluding hydrogens is 394 g/mol. The molecule has 0 N–H and O–H groups in total. The van der Waals surface area contributed by atoms with Crippen LogP contribution >= 0.6 is 0 Å². The minimum Gasteiger partial charge on any atom is -0.493 e. The van der Waals surface area contributed by atoms with Crippen LogP contribution in [-0.2, 0) is 4.79 Å². The summed E-state index contributed by atoms with van der Waals surface area (Å²) < 4.78 is 21.3. The number of ether oxygens (including phenoxy) is 4. The Kier molecular flexibility index (Phi) is 7.28. The summed E-state index contributed by atoms with van der Waals surface area (Å²) in [5.41, 5.74) is 1.82. The van der Waals surface area contributed by atoms with E-state index in [4.69, 9.17) is 18.9 Å². The van der Waals surface area contributed by atoms with Crippen LogP contribution in [0.5, 0.6) is 23.0 Å². The van der Waals surface area contributed by atoms with E-state index in [9.17, 15) is 10.1 Å². The van der Waals surface area contributed by atoms with Crippen molar-refractivity contribution < 1.29 is 23.7 Å². The van der Waals surface area contributed by atoms with Crippen molar-refractivity contribution in [2.45, 2.75) is 0 Å². The van der Waals surface area contributed by atoms with E-state index in [1.807, 2.05) is 24.3 Å². The predicted octanol–water partition coefficient (Wildman–Crippen LogP) is 4.75. The first-order chi connectivity index (χ1) is 15.1. The van der Waals surface area contributed by atoms with Gasteiger partial charge < -0.3 is 18.9 Å². The standard InChI is InChI=1S/C25H21NO5/c1-28-23-12-11-19(15-24(23)29-2)20(16-26)13-18-7-6-10-22(14-18)31-25(27)17-30-21-8-4-3-5-9-21/h3-15H,17H2,1-2H3/b20-13-. The Morgan fingerprint density at radius 1 is 0.903 bits per heavy atom. The van der Waals surface area contributed by atoms with Gasteiger partial charge in [-0.1, -0.05) is 30.3 Å². The molecule has 0 unspecified atom stereocenters. The van der Waals surface area contributed by atoms with Gasteiger partial charge in [0.1, 0.15) is 11.5 Å². The van der Waals surface area contributed by atoms with Crippen LogP contribution in [0.1, 0.15) is 11.1 Å². The molecule has 156 valence electrons. The summed E-state index contributed by atoms with van der Waals surface area (Å²) in [6.07, 6.45) is 1.71. The minimum atomic E-state index is -0.523. The molecule has 0 bridgehead atoms. The molecule has 0 amide bonds. The lowest BCUT2D eigenvalue weighted by Crippen LogP contribution is -2.17. The van der Waals surface area contributed by atoms with Gasteiger partial charge in [-0.25, -0.2) is 4.79 Å². The van der Waals surface area contributed by atoms with E-state index in [0.29, 0.717) is 39.7 Å². The smallest absolute Gasteiger partial charge is 0.349 e. The van der Waals surface area contributed by atoms with Crippen LogP contribution in [0, 0.1) is 11.3 Å². The number of hydrogen-bond donors (Lipinski definition) is 0. The van der Waals surface area contributed by atoms with Crippen LogP contribution < -0.4 is 18.9 Å². The summed E-state index contributed by atoms with van der Waals surface area (Å²) in [5, 5.41) is 9.63. The van der Waals surface area contributed by atoms with Gasteiger partial charge in [0.15, 0.2) is 18.1 Å². The highest BCUT2D eigenvalue weighted by atomic mass is 16.6. The summed E-state index contributed by atoms with van der Waals surface area (Å²) in [4.78, 5) is 12.1. The molecule has 0 radical (unpaired) electrons. The van der Waals surface area contributed by atoms with Crippen LogP contribution in [0.2, 0.25) is 0 Å². The first-order valence-corrected chi connectivity index (χ1v) is 9.45. The number of hydrogen-bond acceptors (Lipinski definition) is 6. The van der Waals surface area contributed by atoms with Crippen molar-refractivity contribution in [3.63, 3.8) is 0 Å². The average Bonchev–Trinajstić information content (AvgIpc) is 2.81. The minimum absolute atomic E-state index is 0.209. The molecule has 0 aliphatic rings. The highest BCUT2D eigenvalue weighted by Gasteiger charge is 2.10. The molecule has 0 aliphatic heterocycles. The van der Waals surface area contributed by atoms with Crippen molar-refractivity contribution in [1.29, 1.82) is 5.26 Å². The number of methoxy groups -OCH3 is 2. The predicted molar refractivity (Wildman–Crippen MR) is 117 cm³/mol. The maximum Gasteiger partial charge on any atom is 0.349 e. The van der Waals surface area contributed by atoms with E-state index < -0.39 is 5.97 Å². The molecule has 6 heteroatoms. The second-order valence-corrected chi connectivity index (χ2v) is 6.39. The molecule has 3 aromatic rings. The molecule has 0 saturated carbocycles. The van der Waals surface area contributed by atoms with Crippen molar-refractivity contribution in [3.8, 4) is 29.1 Å². The van der Waals surface area contributed by atoms with Gasteiger partial charge in [-0.05, 0) is 59.7 Å². The van der Waals surface area contributed by atoms with Crippen molar-refractivity contribution in [2.24, 2.45) is 0 Å². The monoisotopic (exact) mass is 415 g/mol. The zero-order valence-corrected chi connectivity index (χ0v) is 17.2. The van der Waals surface area contributed by atoms with Crippen LogP contribution in [0.25, 0.3) is 11.6 Å². The Hall–Kier alpha value is -4.24. The van der Waals surface area contributed by atoms with Crippen LogP contribution in [0.4, 0.5) is 0 Å². The van der Waals surface area contributed by atoms with E-state index in [1.54, 1.807) is 61.7 Å². The number of nitriles is 1. The third-order valence-corrected chi connectivity index (χ3v) is 4.32. The number of rotatable bonds is 8. The van der Waals surface area contributed by atoms with Gasteiger partial charge in [-0.15, -0.1) is 0 Å². The number of allylic oxidation sites excluding steroid dienone is 1. The fraction of sp³-hybridized carbons (Fsp3) is 0.120. The zero-order chi connectivity index (χ0) is 22.1. The average molecular weight is 415 g/mol. The zero-order valence-electron chi connectivity index (χ0n) is 17.2. The lowest BCUT2D eigenvalue weighted by atomic mass is 10.0. The Morgan fingerprint density at radius 2 is 1.65 bits per heavy atom. The van der Waals surface area contributed by atoms with E-state index in [2.05, 4.69) is 6.07 Å². The summed E-state index contributed by atoms with van der Waals surface area (Å²) in [5.74, 6) is 1.53. The van der Waals surface area contributed by atoms with Gasteiger partial charge >= 0.3 is 5.97 Å². The number of carbonyl (C=O) groups is 1. The number of carbonyl (C=O) groups excluding carboxylic acids is 1. The molecule has 0 spiro atoms. The van der Waals surface area contributed by atoms with Gasteiger partial charge in [0, 0.05) is 0 Å². The lowest BCUT2D eigenvalue weighted by Gasteiger charge is -2.09. The molecule has 0 aromatic heterocycles. The lowest BCUT2D eigenvalue weighted by molar-refractivity contribution is -0.136. The van der Waals surface area contributed by atoms with Gasteiger partial charge in [0.05, 0.1) is 25.9 Å². The fourth-order valence-corrected chi connectivity index (χ4v) is 2.84. The Balaban J connectivity index is 1.73. The molecule has 31 heavy (non-hydrogen) atoms. The van der Waals surface area contributed by atoms with Gasteiger partial charge in [-0.2, -0.15) is 5.26 Å². The third-order valence-electron chi connectivity index (χ3n) is 4.32. The van der Waals surface area contributed by atoms with E-state index in [-0.39, 0.29) is 6.61 Å². The molecule has 3 aromatic carbocycles. The maximum atomic E-state index is 12.1. The highest BCUT2D eigenvalue weighted by Crippen LogP contribution is 2.31. The fourth-order valence-electron chi connectivity index (χ4n) is 2.84.